The summed E-state index contributed by atoms with van der Waals surface area (Å²) in [5, 5.41) is 0. The van der Waals surface area contributed by atoms with Gasteiger partial charge in [-0.3, -0.25) is 0 Å². The number of benzene rings is 1. The molecule has 1 atom stereocenters. The summed E-state index contributed by atoms with van der Waals surface area (Å²) in [6, 6.07) is 4.54. The summed E-state index contributed by atoms with van der Waals surface area (Å²) < 4.78 is 13.4. The van der Waals surface area contributed by atoms with Crippen LogP contribution in [0.2, 0.25) is 0 Å². The molecule has 12 heavy (non-hydrogen) atoms. The number of rotatable bonds is 1. The van der Waals surface area contributed by atoms with Crippen molar-refractivity contribution in [3.8, 4) is 0 Å². The van der Waals surface area contributed by atoms with Gasteiger partial charge in [-0.15, -0.1) is 12.4 Å². The monoisotopic (exact) mass is 253 g/mol. The molecule has 0 heterocycles. The van der Waals surface area contributed by atoms with Crippen LogP contribution in [0.4, 0.5) is 4.39 Å². The Morgan fingerprint density at radius 2 is 2.00 bits per heavy atom. The molecule has 0 spiro atoms. The molecule has 1 nitrogen and oxygen atoms in total. The zero-order valence-electron chi connectivity index (χ0n) is 6.55. The van der Waals surface area contributed by atoms with Crippen LogP contribution in [0.25, 0.3) is 0 Å². The van der Waals surface area contributed by atoms with Crippen molar-refractivity contribution in [1.82, 2.24) is 0 Å². The predicted octanol–water partition coefficient (Wildman–Crippen LogP) is 3.03. The standard InChI is InChI=1S/C8H9BrFN.ClH/c1-5(11)6-2-7(9)4-8(10)3-6;/h2-5H,11H2,1H3;1H/t5-;/m0./s1. The van der Waals surface area contributed by atoms with Gasteiger partial charge >= 0.3 is 0 Å². The number of nitrogens with two attached hydrogens (primary N) is 1. The van der Waals surface area contributed by atoms with E-state index in [1.165, 1.54) is 12.1 Å². The fraction of sp³-hybridized carbons (Fsp3) is 0.250. The first kappa shape index (κ1) is 11.9. The Bertz CT molecular complexity index is 245. The topological polar surface area (TPSA) is 26.0 Å². The Balaban J connectivity index is 0.00000121. The minimum absolute atomic E-state index is 0. The van der Waals surface area contributed by atoms with Crippen molar-refractivity contribution in [3.05, 3.63) is 34.1 Å². The quantitative estimate of drug-likeness (QED) is 0.819. The van der Waals surface area contributed by atoms with Crippen molar-refractivity contribution in [2.24, 2.45) is 5.73 Å². The Kier molecular flexibility index (Phi) is 4.75. The average molecular weight is 255 g/mol. The van der Waals surface area contributed by atoms with E-state index < -0.39 is 0 Å². The molecule has 0 unspecified atom stereocenters. The molecule has 4 heteroatoms. The van der Waals surface area contributed by atoms with Crippen LogP contribution in [0, 0.1) is 5.82 Å². The Morgan fingerprint density at radius 3 is 2.42 bits per heavy atom. The van der Waals surface area contributed by atoms with Gasteiger partial charge in [-0.25, -0.2) is 4.39 Å². The number of hydrogen-bond donors (Lipinski definition) is 1. The third-order valence-electron chi connectivity index (χ3n) is 1.41. The first-order valence-electron chi connectivity index (χ1n) is 3.31. The molecule has 1 rings (SSSR count). The maximum absolute atomic E-state index is 12.7. The van der Waals surface area contributed by atoms with Gasteiger partial charge in [0.2, 0.25) is 0 Å². The van der Waals surface area contributed by atoms with E-state index >= 15 is 0 Å². The van der Waals surface area contributed by atoms with Gasteiger partial charge in [-0.05, 0) is 30.7 Å². The smallest absolute Gasteiger partial charge is 0.124 e. The lowest BCUT2D eigenvalue weighted by molar-refractivity contribution is 0.621. The first-order valence-corrected chi connectivity index (χ1v) is 4.10. The highest BCUT2D eigenvalue weighted by atomic mass is 79.9. The first-order chi connectivity index (χ1) is 5.09. The molecule has 0 saturated carbocycles. The molecule has 0 amide bonds. The molecule has 1 aromatic carbocycles. The zero-order chi connectivity index (χ0) is 8.43. The molecule has 2 N–H and O–H groups in total. The Hall–Kier alpha value is -0.120. The third-order valence-corrected chi connectivity index (χ3v) is 1.87. The second-order valence-electron chi connectivity index (χ2n) is 2.49. The van der Waals surface area contributed by atoms with E-state index in [1.807, 2.05) is 13.0 Å². The summed E-state index contributed by atoms with van der Waals surface area (Å²) >= 11 is 3.19. The van der Waals surface area contributed by atoms with Crippen LogP contribution in [-0.4, -0.2) is 0 Å². The van der Waals surface area contributed by atoms with E-state index in [4.69, 9.17) is 5.73 Å². The lowest BCUT2D eigenvalue weighted by atomic mass is 10.1. The van der Waals surface area contributed by atoms with E-state index in [9.17, 15) is 4.39 Å². The molecule has 0 radical (unpaired) electrons. The summed E-state index contributed by atoms with van der Waals surface area (Å²) in [5.41, 5.74) is 6.37. The second kappa shape index (κ2) is 4.80. The summed E-state index contributed by atoms with van der Waals surface area (Å²) in [5.74, 6) is -0.258. The van der Waals surface area contributed by atoms with E-state index in [-0.39, 0.29) is 24.3 Å². The molecular weight excluding hydrogens is 244 g/mol. The van der Waals surface area contributed by atoms with Crippen LogP contribution < -0.4 is 5.73 Å². The van der Waals surface area contributed by atoms with Gasteiger partial charge in [0.15, 0.2) is 0 Å². The molecule has 0 aromatic heterocycles. The fourth-order valence-electron chi connectivity index (χ4n) is 0.838. The van der Waals surface area contributed by atoms with E-state index in [0.717, 1.165) is 10.0 Å². The van der Waals surface area contributed by atoms with Crippen molar-refractivity contribution < 1.29 is 4.39 Å². The SMILES string of the molecule is C[C@H](N)c1cc(F)cc(Br)c1.Cl. The van der Waals surface area contributed by atoms with Crippen LogP contribution in [0.1, 0.15) is 18.5 Å². The van der Waals surface area contributed by atoms with E-state index in [1.54, 1.807) is 0 Å². The van der Waals surface area contributed by atoms with Gasteiger partial charge < -0.3 is 5.73 Å². The van der Waals surface area contributed by atoms with Gasteiger partial charge in [0.05, 0.1) is 0 Å². The van der Waals surface area contributed by atoms with Crippen LogP contribution >= 0.6 is 28.3 Å². The van der Waals surface area contributed by atoms with Crippen molar-refractivity contribution >= 4 is 28.3 Å². The van der Waals surface area contributed by atoms with Crippen molar-refractivity contribution in [1.29, 1.82) is 0 Å². The van der Waals surface area contributed by atoms with Gasteiger partial charge in [0, 0.05) is 10.5 Å². The fourth-order valence-corrected chi connectivity index (χ4v) is 1.32. The van der Waals surface area contributed by atoms with E-state index in [0.29, 0.717) is 0 Å². The lowest BCUT2D eigenvalue weighted by Gasteiger charge is -2.05. The molecule has 68 valence electrons. The van der Waals surface area contributed by atoms with Crippen LogP contribution in [0.15, 0.2) is 22.7 Å². The molecule has 0 bridgehead atoms. The van der Waals surface area contributed by atoms with Gasteiger partial charge in [0.1, 0.15) is 5.82 Å². The minimum Gasteiger partial charge on any atom is -0.324 e. The molecule has 0 aliphatic carbocycles. The van der Waals surface area contributed by atoms with Gasteiger partial charge in [-0.1, -0.05) is 15.9 Å². The number of hydrogen-bond acceptors (Lipinski definition) is 1. The van der Waals surface area contributed by atoms with Crippen molar-refractivity contribution in [2.45, 2.75) is 13.0 Å². The lowest BCUT2D eigenvalue weighted by Crippen LogP contribution is -2.04. The number of halogens is 3. The summed E-state index contributed by atoms with van der Waals surface area (Å²) in [6.07, 6.45) is 0. The maximum Gasteiger partial charge on any atom is 0.124 e. The largest absolute Gasteiger partial charge is 0.324 e. The highest BCUT2D eigenvalue weighted by Gasteiger charge is 2.02. The summed E-state index contributed by atoms with van der Waals surface area (Å²) in [7, 11) is 0. The van der Waals surface area contributed by atoms with Crippen molar-refractivity contribution in [2.75, 3.05) is 0 Å². The van der Waals surface area contributed by atoms with E-state index in [2.05, 4.69) is 15.9 Å². The predicted molar refractivity (Wildman–Crippen MR) is 54.0 cm³/mol. The van der Waals surface area contributed by atoms with Crippen LogP contribution in [0.3, 0.4) is 0 Å². The maximum atomic E-state index is 12.7. The molecule has 0 saturated heterocycles. The van der Waals surface area contributed by atoms with Gasteiger partial charge in [0.25, 0.3) is 0 Å². The average Bonchev–Trinajstić information content (AvgIpc) is 1.85. The molecule has 0 aliphatic rings. The third kappa shape index (κ3) is 3.09. The van der Waals surface area contributed by atoms with Crippen molar-refractivity contribution in [3.63, 3.8) is 0 Å². The minimum atomic E-state index is -0.258. The molecule has 0 aliphatic heterocycles. The summed E-state index contributed by atoms with van der Waals surface area (Å²) in [6.45, 7) is 1.82. The van der Waals surface area contributed by atoms with Crippen LogP contribution in [0.5, 0.6) is 0 Å². The second-order valence-corrected chi connectivity index (χ2v) is 3.41. The molecule has 1 aromatic rings. The van der Waals surface area contributed by atoms with Gasteiger partial charge in [-0.2, -0.15) is 0 Å². The highest BCUT2D eigenvalue weighted by molar-refractivity contribution is 9.10. The molecular formula is C8H10BrClFN. The van der Waals surface area contributed by atoms with Crippen LogP contribution in [-0.2, 0) is 0 Å². The Morgan fingerprint density at radius 1 is 1.42 bits per heavy atom. The zero-order valence-corrected chi connectivity index (χ0v) is 8.95. The highest BCUT2D eigenvalue weighted by Crippen LogP contribution is 2.18. The Labute approximate surface area is 85.7 Å². The normalized spacial score (nSPS) is 12.0. The molecule has 0 fully saturated rings. The summed E-state index contributed by atoms with van der Waals surface area (Å²) in [4.78, 5) is 0.